The first-order valence-electron chi connectivity index (χ1n) is 12.9. The number of rotatable bonds is 0. The zero-order valence-corrected chi connectivity index (χ0v) is 26.1. The second kappa shape index (κ2) is 17.0. The molecular weight excluding hydrogens is 609 g/mol. The van der Waals surface area contributed by atoms with E-state index in [-0.39, 0.29) is 0 Å². The zero-order chi connectivity index (χ0) is 30.1. The van der Waals surface area contributed by atoms with E-state index in [0.717, 1.165) is 44.5 Å². The number of hydrogen-bond donors (Lipinski definition) is 0. The van der Waals surface area contributed by atoms with Crippen LogP contribution in [0.2, 0.25) is 0 Å². The maximum Gasteiger partial charge on any atom is 0.0255 e. The topological polar surface area (TPSA) is 0 Å². The van der Waals surface area contributed by atoms with Crippen molar-refractivity contribution in [3.05, 3.63) is 142 Å². The van der Waals surface area contributed by atoms with Gasteiger partial charge in [-0.2, -0.15) is 0 Å². The van der Waals surface area contributed by atoms with Crippen molar-refractivity contribution in [2.75, 3.05) is 0 Å². The summed E-state index contributed by atoms with van der Waals surface area (Å²) in [5.41, 5.74) is 7.25. The molecule has 8 bridgehead atoms. The molecule has 7 aliphatic heterocycles. The molecule has 11 rings (SSSR count). The van der Waals surface area contributed by atoms with Gasteiger partial charge in [-0.15, -0.1) is 0 Å². The van der Waals surface area contributed by atoms with E-state index in [2.05, 4.69) is 89.4 Å². The van der Waals surface area contributed by atoms with Crippen molar-refractivity contribution < 1.29 is 0 Å². The van der Waals surface area contributed by atoms with E-state index in [9.17, 15) is 0 Å². The van der Waals surface area contributed by atoms with E-state index in [0.29, 0.717) is 0 Å². The fraction of sp³-hybridized carbons (Fsp3) is 0. The molecule has 0 amide bonds. The van der Waals surface area contributed by atoms with Crippen molar-refractivity contribution in [3.63, 3.8) is 0 Å². The third-order valence-corrected chi connectivity index (χ3v) is 7.14. The van der Waals surface area contributed by atoms with E-state index in [1.807, 2.05) is 97.1 Å². The van der Waals surface area contributed by atoms with Crippen LogP contribution in [0.4, 0.5) is 0 Å². The molecule has 44 heavy (non-hydrogen) atoms. The molecule has 4 heteroatoms. The Morgan fingerprint density at radius 2 is 0.318 bits per heavy atom. The average molecular weight is 625 g/mol. The predicted molar refractivity (Wildman–Crippen MR) is 191 cm³/mol. The van der Waals surface area contributed by atoms with Gasteiger partial charge >= 0.3 is 0 Å². The van der Waals surface area contributed by atoms with Gasteiger partial charge in [0.1, 0.15) is 0 Å². The third-order valence-electron chi connectivity index (χ3n) is 5.51. The highest BCUT2D eigenvalue weighted by molar-refractivity contribution is 8.09. The summed E-state index contributed by atoms with van der Waals surface area (Å²) in [5.74, 6) is 24.9. The molecule has 4 aromatic rings. The van der Waals surface area contributed by atoms with Crippen LogP contribution < -0.4 is 0 Å². The summed E-state index contributed by atoms with van der Waals surface area (Å²) in [7, 11) is 0. The summed E-state index contributed by atoms with van der Waals surface area (Å²) in [5, 5.41) is 24.2. The molecule has 0 saturated heterocycles. The van der Waals surface area contributed by atoms with E-state index < -0.39 is 0 Å². The van der Waals surface area contributed by atoms with E-state index in [4.69, 9.17) is 0 Å². The van der Waals surface area contributed by atoms with E-state index in [1.165, 1.54) is 47.0 Å². The van der Waals surface area contributed by atoms with Gasteiger partial charge in [-0.3, -0.25) is 0 Å². The van der Waals surface area contributed by atoms with Crippen LogP contribution >= 0.6 is 47.0 Å². The minimum absolute atomic E-state index is 0.906. The number of benzene rings is 4. The van der Waals surface area contributed by atoms with Crippen LogP contribution in [0.1, 0.15) is 44.5 Å². The van der Waals surface area contributed by atoms with Crippen LogP contribution in [0.25, 0.3) is 0 Å². The van der Waals surface area contributed by atoms with Crippen LogP contribution in [0, 0.1) is 89.4 Å². The summed E-state index contributed by atoms with van der Waals surface area (Å²) >= 11 is 5.06. The van der Waals surface area contributed by atoms with E-state index >= 15 is 0 Å². The zero-order valence-electron chi connectivity index (χ0n) is 22.9. The first-order chi connectivity index (χ1) is 21.8. The lowest BCUT2D eigenvalue weighted by Gasteiger charge is -1.91. The minimum atomic E-state index is 0.906. The molecule has 0 aliphatic carbocycles. The van der Waals surface area contributed by atoms with Crippen LogP contribution in [0.3, 0.4) is 0 Å². The lowest BCUT2D eigenvalue weighted by atomic mass is 10.1. The third kappa shape index (κ3) is 10.5. The van der Waals surface area contributed by atoms with Gasteiger partial charge in [-0.05, 0) is 139 Å². The second-order valence-corrected chi connectivity index (χ2v) is 11.0. The van der Waals surface area contributed by atoms with Crippen molar-refractivity contribution >= 4 is 47.0 Å². The Hall–Kier alpha value is -5.24. The first-order valence-corrected chi connectivity index (χ1v) is 16.2. The van der Waals surface area contributed by atoms with Crippen LogP contribution in [0.5, 0.6) is 0 Å². The van der Waals surface area contributed by atoms with Crippen molar-refractivity contribution in [3.8, 4) is 89.4 Å². The van der Waals surface area contributed by atoms with Crippen molar-refractivity contribution in [1.29, 1.82) is 0 Å². The minimum Gasteiger partial charge on any atom is -0.0540 e. The maximum absolute atomic E-state index is 3.11. The Kier molecular flexibility index (Phi) is 11.7. The van der Waals surface area contributed by atoms with Crippen LogP contribution in [-0.2, 0) is 0 Å². The molecule has 7 heterocycles. The molecule has 0 unspecified atom stereocenters. The molecule has 4 aromatic carbocycles. The van der Waals surface area contributed by atoms with E-state index in [1.54, 1.807) is 0 Å². The van der Waals surface area contributed by atoms with Gasteiger partial charge < -0.3 is 0 Å². The van der Waals surface area contributed by atoms with Crippen molar-refractivity contribution in [2.45, 2.75) is 0 Å². The molecule has 0 saturated carbocycles. The molecule has 0 radical (unpaired) electrons. The summed E-state index contributed by atoms with van der Waals surface area (Å²) in [6.45, 7) is 0. The Bertz CT molecular complexity index is 1690. The summed E-state index contributed by atoms with van der Waals surface area (Å²) < 4.78 is 0. The summed E-state index contributed by atoms with van der Waals surface area (Å²) in [6.07, 6.45) is 0. The highest BCUT2D eigenvalue weighted by Gasteiger charge is 1.92. The molecule has 0 N–H and O–H groups in total. The Balaban J connectivity index is 1.31. The molecular formula is C40H16S4. The molecule has 200 valence electrons. The quantitative estimate of drug-likeness (QED) is 0.181. The van der Waals surface area contributed by atoms with Crippen LogP contribution in [0.15, 0.2) is 97.1 Å². The monoisotopic (exact) mass is 624 g/mol. The standard InChI is InChI=1S/C40H16S4/c1-2-34-4-3-33(1)17-25-41-27-19-35-5-7-37(8-6-35)21-29-43-31-23-39-13-15-40(16-14-39)24-32-44-30-22-38-11-9-36(10-12-38)20-28-42-26-18-34/h1-16H. The van der Waals surface area contributed by atoms with Crippen molar-refractivity contribution in [2.24, 2.45) is 0 Å². The van der Waals surface area contributed by atoms with Gasteiger partial charge in [0.05, 0.1) is 0 Å². The largest absolute Gasteiger partial charge is 0.0540 e. The van der Waals surface area contributed by atoms with Gasteiger partial charge in [-0.25, -0.2) is 0 Å². The average Bonchev–Trinajstić information content (AvgIpc) is 3.06. The lowest BCUT2D eigenvalue weighted by molar-refractivity contribution is 1.60. The fourth-order valence-corrected chi connectivity index (χ4v) is 4.88. The highest BCUT2D eigenvalue weighted by Crippen LogP contribution is 2.09. The Morgan fingerprint density at radius 3 is 0.432 bits per heavy atom. The van der Waals surface area contributed by atoms with Gasteiger partial charge in [-0.1, -0.05) is 47.4 Å². The van der Waals surface area contributed by atoms with Gasteiger partial charge in [0, 0.05) is 91.6 Å². The molecule has 0 spiro atoms. The molecule has 7 aliphatic rings. The fourth-order valence-electron chi connectivity index (χ4n) is 3.33. The lowest BCUT2D eigenvalue weighted by Crippen LogP contribution is -1.77. The maximum atomic E-state index is 3.11. The Morgan fingerprint density at radius 1 is 0.205 bits per heavy atom. The number of thioether (sulfide) groups is 4. The van der Waals surface area contributed by atoms with Crippen molar-refractivity contribution in [1.82, 2.24) is 0 Å². The summed E-state index contributed by atoms with van der Waals surface area (Å²) in [6, 6.07) is 31.2. The normalized spacial score (nSPS) is 11.3. The van der Waals surface area contributed by atoms with Crippen LogP contribution in [-0.4, -0.2) is 0 Å². The van der Waals surface area contributed by atoms with Gasteiger partial charge in [0.2, 0.25) is 0 Å². The second-order valence-electron chi connectivity index (χ2n) is 8.53. The smallest absolute Gasteiger partial charge is 0.0255 e. The highest BCUT2D eigenvalue weighted by atomic mass is 32.2. The number of hydrogen-bond acceptors (Lipinski definition) is 4. The van der Waals surface area contributed by atoms with Gasteiger partial charge in [0.15, 0.2) is 0 Å². The Labute approximate surface area is 276 Å². The SMILES string of the molecule is C1#Cc2ccc(cc2)C#CSC#Cc2ccc(cc2)C#CSC#Cc2ccc(cc2)C#CSC#Cc2ccc(cc2)C#CS1. The summed E-state index contributed by atoms with van der Waals surface area (Å²) in [4.78, 5) is 0. The first kappa shape index (κ1) is 30.2. The predicted octanol–water partition coefficient (Wildman–Crippen LogP) is 8.21. The molecule has 0 nitrogen and oxygen atoms in total. The molecule has 0 aromatic heterocycles. The van der Waals surface area contributed by atoms with Gasteiger partial charge in [0.25, 0.3) is 0 Å². The molecule has 0 atom stereocenters. The molecule has 0 fully saturated rings.